The first-order valence-electron chi connectivity index (χ1n) is 10.5. The highest BCUT2D eigenvalue weighted by molar-refractivity contribution is 14.1. The average molecular weight is 572 g/mol. The fourth-order valence-electron chi connectivity index (χ4n) is 5.42. The number of carbonyl (C=O) groups is 1. The van der Waals surface area contributed by atoms with Crippen LogP contribution >= 0.6 is 34.2 Å². The number of nitrogens with zero attached hydrogens (tertiary/aromatic N) is 1. The van der Waals surface area contributed by atoms with E-state index in [1.807, 2.05) is 50.3 Å². The molecular weight excluding hydrogens is 545 g/mol. The molecule has 2 aliphatic heterocycles. The van der Waals surface area contributed by atoms with Crippen LogP contribution in [0.25, 0.3) is 0 Å². The van der Waals surface area contributed by atoms with Gasteiger partial charge in [0.25, 0.3) is 5.91 Å². The van der Waals surface area contributed by atoms with E-state index >= 15 is 0 Å². The lowest BCUT2D eigenvalue weighted by molar-refractivity contribution is -0.146. The summed E-state index contributed by atoms with van der Waals surface area (Å²) >= 11 is 8.63. The fraction of sp³-hybridized carbons (Fsp3) is 0.435. The van der Waals surface area contributed by atoms with Crippen molar-refractivity contribution < 1.29 is 19.4 Å². The third-order valence-corrected chi connectivity index (χ3v) is 10.00. The molecule has 1 amide bonds. The van der Waals surface area contributed by atoms with E-state index in [-0.39, 0.29) is 30.1 Å². The van der Waals surface area contributed by atoms with Crippen LogP contribution in [0.1, 0.15) is 24.5 Å². The number of hydrogen-bond acceptors (Lipinski definition) is 4. The van der Waals surface area contributed by atoms with Gasteiger partial charge in [0, 0.05) is 32.2 Å². The number of rotatable bonds is 5. The maximum atomic E-state index is 14.0. The standard InChI is InChI=1S/C23H27ClINO4Si/c1-14-21(31(2,3)29)20(9-10-27)30-23(14)18-12-16(24)7-8-19(18)26(22(23)28)13-15-5-4-6-17(25)11-15/h4-8,11-12,14,20-21,27,29H,9-10,13H2,1-3H3/t14-,20+,21-,23+/m0/s1. The highest BCUT2D eigenvalue weighted by atomic mass is 127. The Morgan fingerprint density at radius 2 is 2.00 bits per heavy atom. The third-order valence-electron chi connectivity index (χ3n) is 6.59. The molecular formula is C23H27ClINO4Si. The minimum absolute atomic E-state index is 0.0583. The number of halogens is 2. The van der Waals surface area contributed by atoms with Crippen molar-refractivity contribution in [2.75, 3.05) is 11.5 Å². The SMILES string of the molecule is C[C@H]1[C@H]([Si](C)(C)O)[C@@H](CCO)O[C@]12C(=O)N(Cc1cccc(I)c1)c1ccc(Cl)cc12. The Morgan fingerprint density at radius 3 is 2.65 bits per heavy atom. The maximum Gasteiger partial charge on any atom is 0.264 e. The van der Waals surface area contributed by atoms with Gasteiger partial charge in [-0.25, -0.2) is 0 Å². The van der Waals surface area contributed by atoms with Crippen molar-refractivity contribution in [2.24, 2.45) is 5.92 Å². The highest BCUT2D eigenvalue weighted by Crippen LogP contribution is 2.60. The van der Waals surface area contributed by atoms with E-state index in [0.29, 0.717) is 18.0 Å². The molecule has 4 rings (SSSR count). The Labute approximate surface area is 202 Å². The van der Waals surface area contributed by atoms with Crippen molar-refractivity contribution in [1.29, 1.82) is 0 Å². The molecule has 0 aromatic heterocycles. The summed E-state index contributed by atoms with van der Waals surface area (Å²) < 4.78 is 7.66. The molecule has 2 aliphatic rings. The molecule has 1 spiro atoms. The lowest BCUT2D eigenvalue weighted by atomic mass is 9.82. The van der Waals surface area contributed by atoms with Crippen LogP contribution in [0.2, 0.25) is 23.7 Å². The number of aliphatic hydroxyl groups excluding tert-OH is 1. The summed E-state index contributed by atoms with van der Waals surface area (Å²) in [5.74, 6) is -0.374. The zero-order valence-electron chi connectivity index (χ0n) is 17.8. The Kier molecular flexibility index (Phi) is 6.30. The zero-order chi connectivity index (χ0) is 22.6. The first kappa shape index (κ1) is 23.2. The molecule has 0 bridgehead atoms. The van der Waals surface area contributed by atoms with E-state index < -0.39 is 13.9 Å². The molecule has 0 radical (unpaired) electrons. The van der Waals surface area contributed by atoms with Gasteiger partial charge in [-0.15, -0.1) is 0 Å². The molecule has 4 atom stereocenters. The topological polar surface area (TPSA) is 70.0 Å². The highest BCUT2D eigenvalue weighted by Gasteiger charge is 2.66. The van der Waals surface area contributed by atoms with Gasteiger partial charge < -0.3 is 19.5 Å². The molecule has 8 heteroatoms. The van der Waals surface area contributed by atoms with Crippen molar-refractivity contribution >= 4 is 54.1 Å². The molecule has 2 aromatic carbocycles. The van der Waals surface area contributed by atoms with Crippen LogP contribution in [0.5, 0.6) is 0 Å². The molecule has 5 nitrogen and oxygen atoms in total. The molecule has 1 saturated heterocycles. The first-order chi connectivity index (χ1) is 14.6. The molecule has 1 fully saturated rings. The number of benzene rings is 2. The van der Waals surface area contributed by atoms with Gasteiger partial charge in [-0.05, 0) is 78.0 Å². The van der Waals surface area contributed by atoms with Crippen LogP contribution < -0.4 is 4.90 Å². The maximum absolute atomic E-state index is 14.0. The number of carbonyl (C=O) groups excluding carboxylic acids is 1. The van der Waals surface area contributed by atoms with Crippen LogP contribution in [-0.4, -0.2) is 36.8 Å². The molecule has 2 heterocycles. The van der Waals surface area contributed by atoms with Crippen molar-refractivity contribution in [2.45, 2.75) is 50.2 Å². The predicted molar refractivity (Wildman–Crippen MR) is 133 cm³/mol. The molecule has 0 aliphatic carbocycles. The summed E-state index contributed by atoms with van der Waals surface area (Å²) in [6.45, 7) is 6.12. The fourth-order valence-corrected chi connectivity index (χ4v) is 8.80. The van der Waals surface area contributed by atoms with E-state index in [2.05, 4.69) is 28.7 Å². The second kappa shape index (κ2) is 8.42. The van der Waals surface area contributed by atoms with Gasteiger partial charge in [-0.3, -0.25) is 4.79 Å². The van der Waals surface area contributed by atoms with E-state index in [1.165, 1.54) is 0 Å². The van der Waals surface area contributed by atoms with Gasteiger partial charge in [0.15, 0.2) is 13.9 Å². The smallest absolute Gasteiger partial charge is 0.264 e. The van der Waals surface area contributed by atoms with Crippen molar-refractivity contribution in [1.82, 2.24) is 0 Å². The predicted octanol–water partition coefficient (Wildman–Crippen LogP) is 4.67. The van der Waals surface area contributed by atoms with Crippen LogP contribution in [0, 0.1) is 9.49 Å². The molecule has 0 unspecified atom stereocenters. The monoisotopic (exact) mass is 571 g/mol. The van der Waals surface area contributed by atoms with E-state index in [1.54, 1.807) is 11.0 Å². The van der Waals surface area contributed by atoms with Crippen molar-refractivity contribution in [3.05, 3.63) is 62.2 Å². The normalized spacial score (nSPS) is 27.9. The Hall–Kier alpha value is -0.973. The van der Waals surface area contributed by atoms with Gasteiger partial charge in [0.1, 0.15) is 0 Å². The largest absolute Gasteiger partial charge is 0.432 e. The molecule has 31 heavy (non-hydrogen) atoms. The molecule has 2 aromatic rings. The second-order valence-corrected chi connectivity index (χ2v) is 14.7. The van der Waals surface area contributed by atoms with Gasteiger partial charge in [0.05, 0.1) is 18.3 Å². The number of aliphatic hydroxyl groups is 1. The van der Waals surface area contributed by atoms with E-state index in [9.17, 15) is 14.7 Å². The quantitative estimate of drug-likeness (QED) is 0.404. The van der Waals surface area contributed by atoms with Gasteiger partial charge in [-0.2, -0.15) is 0 Å². The van der Waals surface area contributed by atoms with Crippen LogP contribution in [0.3, 0.4) is 0 Å². The third kappa shape index (κ3) is 3.87. The Balaban J connectivity index is 1.83. The summed E-state index contributed by atoms with van der Waals surface area (Å²) in [5.41, 5.74) is 1.18. The van der Waals surface area contributed by atoms with E-state index in [4.69, 9.17) is 16.3 Å². The number of fused-ring (bicyclic) bond motifs is 2. The molecule has 0 saturated carbocycles. The molecule has 166 valence electrons. The zero-order valence-corrected chi connectivity index (χ0v) is 21.7. The number of amides is 1. The van der Waals surface area contributed by atoms with Crippen LogP contribution in [0.15, 0.2) is 42.5 Å². The Bertz CT molecular complexity index is 1010. The number of anilines is 1. The number of ether oxygens (including phenoxy) is 1. The van der Waals surface area contributed by atoms with Gasteiger partial charge in [-0.1, -0.05) is 30.7 Å². The summed E-state index contributed by atoms with van der Waals surface area (Å²) in [7, 11) is -2.69. The second-order valence-electron chi connectivity index (χ2n) is 9.06. The van der Waals surface area contributed by atoms with Crippen LogP contribution in [-0.2, 0) is 21.7 Å². The van der Waals surface area contributed by atoms with Crippen LogP contribution in [0.4, 0.5) is 5.69 Å². The lowest BCUT2D eigenvalue weighted by Crippen LogP contribution is -2.46. The minimum atomic E-state index is -2.69. The van der Waals surface area contributed by atoms with Gasteiger partial charge in [0.2, 0.25) is 0 Å². The van der Waals surface area contributed by atoms with Crippen molar-refractivity contribution in [3.8, 4) is 0 Å². The van der Waals surface area contributed by atoms with Gasteiger partial charge >= 0.3 is 0 Å². The summed E-state index contributed by atoms with van der Waals surface area (Å²) in [5, 5.41) is 10.2. The van der Waals surface area contributed by atoms with E-state index in [0.717, 1.165) is 20.4 Å². The molecule has 2 N–H and O–H groups in total. The summed E-state index contributed by atoms with van der Waals surface area (Å²) in [4.78, 5) is 26.9. The summed E-state index contributed by atoms with van der Waals surface area (Å²) in [6, 6.07) is 13.6. The minimum Gasteiger partial charge on any atom is -0.432 e. The summed E-state index contributed by atoms with van der Waals surface area (Å²) in [6.07, 6.45) is -0.00608. The first-order valence-corrected chi connectivity index (χ1v) is 14.9. The number of hydrogen-bond donors (Lipinski definition) is 2. The average Bonchev–Trinajstić information content (AvgIpc) is 3.10. The van der Waals surface area contributed by atoms with Crippen molar-refractivity contribution in [3.63, 3.8) is 0 Å². The Morgan fingerprint density at radius 1 is 1.26 bits per heavy atom. The lowest BCUT2D eigenvalue weighted by Gasteiger charge is -2.32.